The van der Waals surface area contributed by atoms with Crippen molar-refractivity contribution in [1.82, 2.24) is 5.32 Å². The molecule has 0 aromatic rings. The fraction of sp³-hybridized carbons (Fsp3) is 0.833. The van der Waals surface area contributed by atoms with Gasteiger partial charge in [-0.1, -0.05) is 0 Å². The van der Waals surface area contributed by atoms with Gasteiger partial charge < -0.3 is 15.2 Å². The van der Waals surface area contributed by atoms with Crippen LogP contribution in [0.1, 0.15) is 6.92 Å². The van der Waals surface area contributed by atoms with Gasteiger partial charge in [-0.25, -0.2) is 4.79 Å². The number of ether oxygens (including phenoxy) is 1. The van der Waals surface area contributed by atoms with Crippen molar-refractivity contribution in [3.8, 4) is 0 Å². The van der Waals surface area contributed by atoms with Crippen molar-refractivity contribution < 1.29 is 14.6 Å². The molecule has 1 aliphatic rings. The van der Waals surface area contributed by atoms with Crippen LogP contribution in [0.2, 0.25) is 0 Å². The predicted molar refractivity (Wildman–Crippen MR) is 34.8 cm³/mol. The van der Waals surface area contributed by atoms with Crippen molar-refractivity contribution in [2.24, 2.45) is 0 Å². The van der Waals surface area contributed by atoms with Gasteiger partial charge in [-0.05, 0) is 6.92 Å². The Morgan fingerprint density at radius 2 is 2.50 bits per heavy atom. The summed E-state index contributed by atoms with van der Waals surface area (Å²) in [4.78, 5) is 10.3. The van der Waals surface area contributed by atoms with Crippen LogP contribution in [-0.4, -0.2) is 36.4 Å². The lowest BCUT2D eigenvalue weighted by Crippen LogP contribution is -2.47. The van der Waals surface area contributed by atoms with Crippen molar-refractivity contribution in [2.75, 3.05) is 13.2 Å². The monoisotopic (exact) mass is 145 g/mol. The Labute approximate surface area is 59.2 Å². The van der Waals surface area contributed by atoms with E-state index in [2.05, 4.69) is 5.32 Å². The highest BCUT2D eigenvalue weighted by atomic mass is 16.5. The summed E-state index contributed by atoms with van der Waals surface area (Å²) in [5.74, 6) is -0.889. The van der Waals surface area contributed by atoms with Crippen LogP contribution in [0.15, 0.2) is 0 Å². The summed E-state index contributed by atoms with van der Waals surface area (Å²) < 4.78 is 4.99. The second-order valence-electron chi connectivity index (χ2n) is 2.47. The molecule has 10 heavy (non-hydrogen) atoms. The Kier molecular flexibility index (Phi) is 2.24. The molecule has 1 fully saturated rings. The molecule has 0 amide bonds. The van der Waals surface area contributed by atoms with Gasteiger partial charge in [0.1, 0.15) is 0 Å². The van der Waals surface area contributed by atoms with E-state index in [1.807, 2.05) is 6.92 Å². The molecule has 0 aromatic heterocycles. The zero-order valence-corrected chi connectivity index (χ0v) is 5.83. The number of rotatable bonds is 1. The molecular formula is C6H11NO3. The van der Waals surface area contributed by atoms with Crippen LogP contribution in [0.5, 0.6) is 0 Å². The second-order valence-corrected chi connectivity index (χ2v) is 2.47. The lowest BCUT2D eigenvalue weighted by atomic mass is 10.2. The molecule has 0 radical (unpaired) electrons. The van der Waals surface area contributed by atoms with Crippen LogP contribution in [0.4, 0.5) is 0 Å². The van der Waals surface area contributed by atoms with Crippen molar-refractivity contribution in [3.05, 3.63) is 0 Å². The highest BCUT2D eigenvalue weighted by molar-refractivity contribution is 5.72. The molecule has 0 unspecified atom stereocenters. The fourth-order valence-electron chi connectivity index (χ4n) is 0.845. The number of hydrogen-bond donors (Lipinski definition) is 2. The van der Waals surface area contributed by atoms with E-state index >= 15 is 0 Å². The third kappa shape index (κ3) is 1.68. The maximum absolute atomic E-state index is 10.3. The van der Waals surface area contributed by atoms with Gasteiger partial charge in [-0.2, -0.15) is 0 Å². The zero-order valence-electron chi connectivity index (χ0n) is 5.83. The van der Waals surface area contributed by atoms with Crippen molar-refractivity contribution in [3.63, 3.8) is 0 Å². The van der Waals surface area contributed by atoms with Gasteiger partial charge in [-0.15, -0.1) is 0 Å². The summed E-state index contributed by atoms with van der Waals surface area (Å²) >= 11 is 0. The highest BCUT2D eigenvalue weighted by Gasteiger charge is 2.23. The molecule has 1 heterocycles. The van der Waals surface area contributed by atoms with Crippen LogP contribution < -0.4 is 5.32 Å². The fourth-order valence-corrected chi connectivity index (χ4v) is 0.845. The van der Waals surface area contributed by atoms with Gasteiger partial charge in [0.05, 0.1) is 6.61 Å². The summed E-state index contributed by atoms with van der Waals surface area (Å²) in [6.07, 6.45) is -0.656. The minimum atomic E-state index is -0.889. The van der Waals surface area contributed by atoms with E-state index in [1.54, 1.807) is 0 Å². The number of carboxylic acid groups (broad SMARTS) is 1. The minimum Gasteiger partial charge on any atom is -0.479 e. The first-order valence-electron chi connectivity index (χ1n) is 3.28. The van der Waals surface area contributed by atoms with E-state index in [0.717, 1.165) is 0 Å². The van der Waals surface area contributed by atoms with E-state index in [4.69, 9.17) is 9.84 Å². The van der Waals surface area contributed by atoms with E-state index in [-0.39, 0.29) is 6.04 Å². The smallest absolute Gasteiger partial charge is 0.334 e. The third-order valence-corrected chi connectivity index (χ3v) is 1.47. The van der Waals surface area contributed by atoms with Crippen molar-refractivity contribution >= 4 is 5.97 Å². The molecule has 0 spiro atoms. The Morgan fingerprint density at radius 3 is 2.90 bits per heavy atom. The first kappa shape index (κ1) is 7.50. The summed E-state index contributed by atoms with van der Waals surface area (Å²) in [6, 6.07) is 0.274. The van der Waals surface area contributed by atoms with E-state index in [0.29, 0.717) is 13.2 Å². The molecule has 1 rings (SSSR count). The molecule has 0 saturated carbocycles. The molecule has 0 aromatic carbocycles. The maximum Gasteiger partial charge on any atom is 0.334 e. The van der Waals surface area contributed by atoms with Crippen molar-refractivity contribution in [2.45, 2.75) is 19.1 Å². The van der Waals surface area contributed by atoms with Crippen LogP contribution in [0, 0.1) is 0 Å². The quantitative estimate of drug-likeness (QED) is 0.519. The minimum absolute atomic E-state index is 0.274. The largest absolute Gasteiger partial charge is 0.479 e. The molecule has 2 atom stereocenters. The van der Waals surface area contributed by atoms with Gasteiger partial charge >= 0.3 is 5.97 Å². The van der Waals surface area contributed by atoms with Crippen LogP contribution in [0.3, 0.4) is 0 Å². The van der Waals surface area contributed by atoms with Gasteiger partial charge in [0.2, 0.25) is 0 Å². The molecule has 4 heteroatoms. The lowest BCUT2D eigenvalue weighted by molar-refractivity contribution is -0.152. The average Bonchev–Trinajstić information content (AvgIpc) is 1.88. The number of morpholine rings is 1. The molecule has 0 bridgehead atoms. The first-order chi connectivity index (χ1) is 4.70. The SMILES string of the molecule is C[C@H]1CO[C@@H](C(=O)O)CN1. The van der Waals surface area contributed by atoms with Crippen LogP contribution >= 0.6 is 0 Å². The highest BCUT2D eigenvalue weighted by Crippen LogP contribution is 1.99. The zero-order chi connectivity index (χ0) is 7.56. The lowest BCUT2D eigenvalue weighted by Gasteiger charge is -2.25. The Bertz CT molecular complexity index is 129. The summed E-state index contributed by atoms with van der Waals surface area (Å²) in [5.41, 5.74) is 0. The van der Waals surface area contributed by atoms with Gasteiger partial charge in [0, 0.05) is 12.6 Å². The van der Waals surface area contributed by atoms with Gasteiger partial charge in [0.25, 0.3) is 0 Å². The molecule has 1 aliphatic heterocycles. The third-order valence-electron chi connectivity index (χ3n) is 1.47. The van der Waals surface area contributed by atoms with E-state index in [9.17, 15) is 4.79 Å². The van der Waals surface area contributed by atoms with E-state index in [1.165, 1.54) is 0 Å². The summed E-state index contributed by atoms with van der Waals surface area (Å²) in [5, 5.41) is 11.5. The molecule has 2 N–H and O–H groups in total. The molecule has 0 aliphatic carbocycles. The number of carboxylic acids is 1. The molecular weight excluding hydrogens is 134 g/mol. The summed E-state index contributed by atoms with van der Waals surface area (Å²) in [7, 11) is 0. The normalized spacial score (nSPS) is 33.7. The van der Waals surface area contributed by atoms with Crippen LogP contribution in [-0.2, 0) is 9.53 Å². The molecule has 1 saturated heterocycles. The van der Waals surface area contributed by atoms with Gasteiger partial charge in [0.15, 0.2) is 6.10 Å². The van der Waals surface area contributed by atoms with Crippen LogP contribution in [0.25, 0.3) is 0 Å². The predicted octanol–water partition coefficient (Wildman–Crippen LogP) is -0.552. The average molecular weight is 145 g/mol. The molecule has 58 valence electrons. The second kappa shape index (κ2) is 2.98. The maximum atomic E-state index is 10.3. The number of nitrogens with one attached hydrogen (secondary N) is 1. The molecule has 4 nitrogen and oxygen atoms in total. The van der Waals surface area contributed by atoms with Crippen molar-refractivity contribution in [1.29, 1.82) is 0 Å². The number of hydrogen-bond acceptors (Lipinski definition) is 3. The number of aliphatic carboxylic acids is 1. The Hall–Kier alpha value is -0.610. The first-order valence-corrected chi connectivity index (χ1v) is 3.28. The van der Waals surface area contributed by atoms with E-state index < -0.39 is 12.1 Å². The number of carbonyl (C=O) groups is 1. The Balaban J connectivity index is 2.33. The Morgan fingerprint density at radius 1 is 1.80 bits per heavy atom. The van der Waals surface area contributed by atoms with Gasteiger partial charge in [-0.3, -0.25) is 0 Å². The summed E-state index contributed by atoms with van der Waals surface area (Å²) in [6.45, 7) is 2.85. The standard InChI is InChI=1S/C6H11NO3/c1-4-3-10-5(2-7-4)6(8)9/h4-5,7H,2-3H2,1H3,(H,8,9)/t4-,5+/m0/s1. The topological polar surface area (TPSA) is 58.6 Å².